The maximum absolute atomic E-state index is 4.72. The van der Waals surface area contributed by atoms with Gasteiger partial charge in [0.25, 0.3) is 0 Å². The van der Waals surface area contributed by atoms with E-state index in [1.165, 1.54) is 37.2 Å². The number of aromatic nitrogens is 1. The topological polar surface area (TPSA) is 22.6 Å². The monoisotopic (exact) mass is 274 g/mol. The van der Waals surface area contributed by atoms with Crippen LogP contribution in [-0.2, 0) is 0 Å². The quantitative estimate of drug-likeness (QED) is 0.822. The molecule has 0 saturated carbocycles. The average molecular weight is 274 g/mol. The Hall–Kier alpha value is -1.13. The lowest BCUT2D eigenvalue weighted by atomic mass is 9.96. The first-order chi connectivity index (χ1) is 9.75. The summed E-state index contributed by atoms with van der Waals surface area (Å²) in [5.74, 6) is 1.22. The highest BCUT2D eigenvalue weighted by Crippen LogP contribution is 2.34. The number of rotatable bonds is 2. The summed E-state index contributed by atoms with van der Waals surface area (Å²) in [7, 11) is 4.45. The van der Waals surface area contributed by atoms with Crippen molar-refractivity contribution in [3.8, 4) is 0 Å². The fourth-order valence-corrected chi connectivity index (χ4v) is 3.42. The highest BCUT2D eigenvalue weighted by molar-refractivity contribution is 5.49. The number of hydrogen-bond acceptors (Lipinski definition) is 4. The molecular weight excluding hydrogens is 248 g/mol. The number of piperazine rings is 1. The van der Waals surface area contributed by atoms with Gasteiger partial charge >= 0.3 is 0 Å². The zero-order chi connectivity index (χ0) is 13.9. The van der Waals surface area contributed by atoms with Crippen molar-refractivity contribution in [2.24, 2.45) is 0 Å². The molecule has 2 aliphatic heterocycles. The Morgan fingerprint density at radius 2 is 1.85 bits per heavy atom. The molecule has 2 saturated heterocycles. The second kappa shape index (κ2) is 6.10. The van der Waals surface area contributed by atoms with Crippen molar-refractivity contribution in [2.45, 2.75) is 25.3 Å². The molecule has 110 valence electrons. The fourth-order valence-electron chi connectivity index (χ4n) is 3.42. The van der Waals surface area contributed by atoms with Crippen molar-refractivity contribution < 1.29 is 0 Å². The van der Waals surface area contributed by atoms with Gasteiger partial charge in [0, 0.05) is 44.0 Å². The molecule has 3 rings (SSSR count). The first kappa shape index (κ1) is 13.8. The minimum atomic E-state index is 0.548. The van der Waals surface area contributed by atoms with E-state index in [9.17, 15) is 0 Å². The van der Waals surface area contributed by atoms with Crippen LogP contribution in [0, 0.1) is 0 Å². The van der Waals surface area contributed by atoms with E-state index in [4.69, 9.17) is 4.98 Å². The van der Waals surface area contributed by atoms with Crippen LogP contribution in [0.25, 0.3) is 0 Å². The molecule has 0 aromatic carbocycles. The number of pyridine rings is 1. The van der Waals surface area contributed by atoms with Crippen molar-refractivity contribution in [1.82, 2.24) is 14.8 Å². The molecule has 0 amide bonds. The summed E-state index contributed by atoms with van der Waals surface area (Å²) in [6, 6.07) is 4.93. The molecule has 0 aliphatic carbocycles. The van der Waals surface area contributed by atoms with E-state index < -0.39 is 0 Å². The molecule has 2 fully saturated rings. The van der Waals surface area contributed by atoms with Crippen LogP contribution in [0.2, 0.25) is 0 Å². The van der Waals surface area contributed by atoms with Gasteiger partial charge in [0.15, 0.2) is 0 Å². The number of hydrogen-bond donors (Lipinski definition) is 0. The molecule has 3 heterocycles. The van der Waals surface area contributed by atoms with Gasteiger partial charge in [-0.2, -0.15) is 0 Å². The smallest absolute Gasteiger partial charge is 0.133 e. The SMILES string of the molecule is CN1CCN(c2ncccc2[C@@H]2CCCCN2C)CC1. The second-order valence-corrected chi connectivity index (χ2v) is 6.20. The summed E-state index contributed by atoms with van der Waals surface area (Å²) >= 11 is 0. The van der Waals surface area contributed by atoms with Gasteiger partial charge in [-0.1, -0.05) is 12.5 Å². The van der Waals surface area contributed by atoms with Crippen LogP contribution >= 0.6 is 0 Å². The largest absolute Gasteiger partial charge is 0.354 e. The predicted molar refractivity (Wildman–Crippen MR) is 83.2 cm³/mol. The zero-order valence-corrected chi connectivity index (χ0v) is 12.8. The van der Waals surface area contributed by atoms with Crippen molar-refractivity contribution in [2.75, 3.05) is 51.7 Å². The fraction of sp³-hybridized carbons (Fsp3) is 0.688. The van der Waals surface area contributed by atoms with Crippen LogP contribution in [0.3, 0.4) is 0 Å². The van der Waals surface area contributed by atoms with Crippen LogP contribution < -0.4 is 4.90 Å². The molecule has 2 aliphatic rings. The van der Waals surface area contributed by atoms with Gasteiger partial charge in [0.2, 0.25) is 0 Å². The highest BCUT2D eigenvalue weighted by Gasteiger charge is 2.26. The van der Waals surface area contributed by atoms with Gasteiger partial charge in [-0.05, 0) is 39.5 Å². The maximum Gasteiger partial charge on any atom is 0.133 e. The minimum Gasteiger partial charge on any atom is -0.354 e. The van der Waals surface area contributed by atoms with E-state index in [-0.39, 0.29) is 0 Å². The standard InChI is InChI=1S/C16H26N4/c1-18-10-12-20(13-11-18)16-14(6-5-8-17-16)15-7-3-4-9-19(15)2/h5-6,8,15H,3-4,7,9-13H2,1-2H3/t15-/m0/s1. The lowest BCUT2D eigenvalue weighted by molar-refractivity contribution is 0.187. The Bertz CT molecular complexity index is 440. The summed E-state index contributed by atoms with van der Waals surface area (Å²) < 4.78 is 0. The molecule has 1 aromatic heterocycles. The first-order valence-corrected chi connectivity index (χ1v) is 7.84. The second-order valence-electron chi connectivity index (χ2n) is 6.20. The van der Waals surface area contributed by atoms with Gasteiger partial charge in [0.1, 0.15) is 5.82 Å². The van der Waals surface area contributed by atoms with Crippen molar-refractivity contribution in [3.05, 3.63) is 23.9 Å². The van der Waals surface area contributed by atoms with Gasteiger partial charge in [-0.15, -0.1) is 0 Å². The maximum atomic E-state index is 4.72. The molecule has 1 aromatic rings. The van der Waals surface area contributed by atoms with Crippen LogP contribution in [-0.4, -0.2) is 61.6 Å². The van der Waals surface area contributed by atoms with Crippen LogP contribution in [0.1, 0.15) is 30.9 Å². The van der Waals surface area contributed by atoms with Crippen molar-refractivity contribution in [3.63, 3.8) is 0 Å². The summed E-state index contributed by atoms with van der Waals surface area (Å²) in [5, 5.41) is 0. The van der Waals surface area contributed by atoms with Crippen LogP contribution in [0.4, 0.5) is 5.82 Å². The third-order valence-electron chi connectivity index (χ3n) is 4.75. The summed E-state index contributed by atoms with van der Waals surface area (Å²) in [5.41, 5.74) is 1.43. The van der Waals surface area contributed by atoms with Gasteiger partial charge in [-0.25, -0.2) is 4.98 Å². The predicted octanol–water partition coefficient (Wildman–Crippen LogP) is 1.99. The normalized spacial score (nSPS) is 25.9. The van der Waals surface area contributed by atoms with Crippen molar-refractivity contribution in [1.29, 1.82) is 0 Å². The van der Waals surface area contributed by atoms with Crippen molar-refractivity contribution >= 4 is 5.82 Å². The molecule has 0 bridgehead atoms. The van der Waals surface area contributed by atoms with E-state index in [2.05, 4.69) is 40.9 Å². The lowest BCUT2D eigenvalue weighted by Crippen LogP contribution is -2.45. The minimum absolute atomic E-state index is 0.548. The van der Waals surface area contributed by atoms with E-state index >= 15 is 0 Å². The number of piperidine rings is 1. The summed E-state index contributed by atoms with van der Waals surface area (Å²) in [6.07, 6.45) is 5.88. The number of anilines is 1. The van der Waals surface area contributed by atoms with E-state index in [1.54, 1.807) is 0 Å². The summed E-state index contributed by atoms with van der Waals surface area (Å²) in [4.78, 5) is 12.1. The van der Waals surface area contributed by atoms with E-state index in [1.807, 2.05) is 6.20 Å². The third kappa shape index (κ3) is 2.81. The number of likely N-dealkylation sites (N-methyl/N-ethyl adjacent to an activating group) is 1. The van der Waals surface area contributed by atoms with Gasteiger partial charge in [-0.3, -0.25) is 4.90 Å². The molecule has 0 unspecified atom stereocenters. The Morgan fingerprint density at radius 3 is 2.60 bits per heavy atom. The van der Waals surface area contributed by atoms with Gasteiger partial charge in [0.05, 0.1) is 0 Å². The number of nitrogens with zero attached hydrogens (tertiary/aromatic N) is 4. The Kier molecular flexibility index (Phi) is 4.22. The third-order valence-corrected chi connectivity index (χ3v) is 4.75. The molecule has 0 spiro atoms. The Balaban J connectivity index is 1.84. The Morgan fingerprint density at radius 1 is 1.05 bits per heavy atom. The molecular formula is C16H26N4. The van der Waals surface area contributed by atoms with Gasteiger partial charge < -0.3 is 9.80 Å². The molecule has 4 nitrogen and oxygen atoms in total. The van der Waals surface area contributed by atoms with Crippen LogP contribution in [0.5, 0.6) is 0 Å². The van der Waals surface area contributed by atoms with E-state index in [0.717, 1.165) is 26.2 Å². The molecule has 1 atom stereocenters. The molecule has 0 radical (unpaired) electrons. The van der Waals surface area contributed by atoms with Crippen LogP contribution in [0.15, 0.2) is 18.3 Å². The van der Waals surface area contributed by atoms with E-state index in [0.29, 0.717) is 6.04 Å². The zero-order valence-electron chi connectivity index (χ0n) is 12.8. The summed E-state index contributed by atoms with van der Waals surface area (Å²) in [6.45, 7) is 5.67. The number of likely N-dealkylation sites (tertiary alicyclic amines) is 1. The Labute approximate surface area is 122 Å². The molecule has 20 heavy (non-hydrogen) atoms. The average Bonchev–Trinajstić information content (AvgIpc) is 2.49. The first-order valence-electron chi connectivity index (χ1n) is 7.84. The lowest BCUT2D eigenvalue weighted by Gasteiger charge is -2.38. The highest BCUT2D eigenvalue weighted by atomic mass is 15.3. The molecule has 4 heteroatoms. The molecule has 0 N–H and O–H groups in total.